The molecule has 1 heterocycles. The third-order valence-electron chi connectivity index (χ3n) is 2.15. The van der Waals surface area contributed by atoms with Gasteiger partial charge in [0.2, 0.25) is 0 Å². The van der Waals surface area contributed by atoms with E-state index in [2.05, 4.69) is 10.6 Å². The summed E-state index contributed by atoms with van der Waals surface area (Å²) in [6.07, 6.45) is 0. The highest BCUT2D eigenvalue weighted by molar-refractivity contribution is 6.37. The van der Waals surface area contributed by atoms with Crippen LogP contribution in [0.3, 0.4) is 0 Å². The number of hydrogen-bond acceptors (Lipinski definition) is 3. The Morgan fingerprint density at radius 3 is 2.19 bits per heavy atom. The molecular weight excluding hydrogens is 255 g/mol. The molecule has 16 heavy (non-hydrogen) atoms. The van der Waals surface area contributed by atoms with Gasteiger partial charge in [-0.05, 0) is 17.7 Å². The van der Waals surface area contributed by atoms with Crippen LogP contribution in [0.2, 0.25) is 10.0 Å². The fourth-order valence-electron chi connectivity index (χ4n) is 1.40. The van der Waals surface area contributed by atoms with Crippen molar-refractivity contribution in [2.75, 3.05) is 0 Å². The molecule has 0 unspecified atom stereocenters. The van der Waals surface area contributed by atoms with Crippen LogP contribution in [-0.2, 0) is 4.79 Å². The molecule has 0 aliphatic carbocycles. The summed E-state index contributed by atoms with van der Waals surface area (Å²) in [7, 11) is 0. The maximum Gasteiger partial charge on any atom is 0.322 e. The molecule has 1 aromatic rings. The Hall–Kier alpha value is -1.46. The van der Waals surface area contributed by atoms with E-state index >= 15 is 0 Å². The van der Waals surface area contributed by atoms with Gasteiger partial charge < -0.3 is 10.4 Å². The van der Waals surface area contributed by atoms with Gasteiger partial charge in [-0.3, -0.25) is 10.1 Å². The number of phenols is 1. The van der Waals surface area contributed by atoms with Crippen LogP contribution in [0, 0.1) is 0 Å². The van der Waals surface area contributed by atoms with E-state index in [0.717, 1.165) is 0 Å². The second-order valence-electron chi connectivity index (χ2n) is 3.23. The number of phenolic OH excluding ortho intramolecular Hbond substituents is 1. The number of halogens is 2. The normalized spacial score (nSPS) is 19.5. The molecule has 0 aromatic heterocycles. The summed E-state index contributed by atoms with van der Waals surface area (Å²) in [4.78, 5) is 22.3. The van der Waals surface area contributed by atoms with Gasteiger partial charge in [-0.15, -0.1) is 0 Å². The number of rotatable bonds is 1. The largest absolute Gasteiger partial charge is 0.505 e. The first-order chi connectivity index (χ1) is 7.49. The predicted molar refractivity (Wildman–Crippen MR) is 57.5 cm³/mol. The highest BCUT2D eigenvalue weighted by Crippen LogP contribution is 2.35. The summed E-state index contributed by atoms with van der Waals surface area (Å²) < 4.78 is 0. The maximum atomic E-state index is 11.3. The molecule has 1 fully saturated rings. The highest BCUT2D eigenvalue weighted by Gasteiger charge is 2.31. The Balaban J connectivity index is 2.42. The molecule has 3 amide bonds. The average Bonchev–Trinajstić information content (AvgIpc) is 2.53. The van der Waals surface area contributed by atoms with Crippen LogP contribution in [0.5, 0.6) is 5.75 Å². The van der Waals surface area contributed by atoms with Crippen molar-refractivity contribution < 1.29 is 14.7 Å². The van der Waals surface area contributed by atoms with Crippen LogP contribution in [0.1, 0.15) is 11.6 Å². The van der Waals surface area contributed by atoms with Crippen LogP contribution < -0.4 is 10.6 Å². The molecule has 0 spiro atoms. The van der Waals surface area contributed by atoms with E-state index in [4.69, 9.17) is 23.2 Å². The summed E-state index contributed by atoms with van der Waals surface area (Å²) in [5, 5.41) is 13.9. The first kappa shape index (κ1) is 11.0. The lowest BCUT2D eigenvalue weighted by atomic mass is 10.1. The Morgan fingerprint density at radius 1 is 1.19 bits per heavy atom. The van der Waals surface area contributed by atoms with E-state index in [-0.39, 0.29) is 15.8 Å². The molecule has 0 bridgehead atoms. The highest BCUT2D eigenvalue weighted by atomic mass is 35.5. The van der Waals surface area contributed by atoms with Gasteiger partial charge in [0, 0.05) is 0 Å². The van der Waals surface area contributed by atoms with E-state index in [1.807, 2.05) is 0 Å². The van der Waals surface area contributed by atoms with Crippen molar-refractivity contribution in [3.63, 3.8) is 0 Å². The van der Waals surface area contributed by atoms with Crippen LogP contribution in [0.25, 0.3) is 0 Å². The topological polar surface area (TPSA) is 78.4 Å². The fraction of sp³-hybridized carbons (Fsp3) is 0.111. The summed E-state index contributed by atoms with van der Waals surface area (Å²) in [6.45, 7) is 0. The number of carbonyl (C=O) groups excluding carboxylic acids is 2. The lowest BCUT2D eigenvalue weighted by molar-refractivity contribution is -0.120. The molecular formula is C9H6Cl2N2O3. The minimum atomic E-state index is -0.830. The van der Waals surface area contributed by atoms with E-state index in [0.29, 0.717) is 5.56 Å². The second-order valence-corrected chi connectivity index (χ2v) is 4.04. The summed E-state index contributed by atoms with van der Waals surface area (Å²) in [5.74, 6) is -0.736. The van der Waals surface area contributed by atoms with Gasteiger partial charge in [0.05, 0.1) is 10.0 Å². The number of aromatic hydroxyl groups is 1. The van der Waals surface area contributed by atoms with Crippen molar-refractivity contribution >= 4 is 35.1 Å². The molecule has 84 valence electrons. The van der Waals surface area contributed by atoms with Gasteiger partial charge >= 0.3 is 6.03 Å². The average molecular weight is 261 g/mol. The zero-order valence-electron chi connectivity index (χ0n) is 7.75. The molecule has 1 aliphatic rings. The zero-order valence-corrected chi connectivity index (χ0v) is 9.26. The third-order valence-corrected chi connectivity index (χ3v) is 2.72. The van der Waals surface area contributed by atoms with Gasteiger partial charge in [-0.25, -0.2) is 4.79 Å². The Morgan fingerprint density at radius 2 is 1.75 bits per heavy atom. The number of nitrogens with one attached hydrogen (secondary N) is 2. The first-order valence-corrected chi connectivity index (χ1v) is 5.04. The number of hydrogen-bond donors (Lipinski definition) is 3. The Bertz CT molecular complexity index is 467. The van der Waals surface area contributed by atoms with Gasteiger partial charge in [0.25, 0.3) is 5.91 Å². The quantitative estimate of drug-likeness (QED) is 0.671. The molecule has 1 aliphatic heterocycles. The van der Waals surface area contributed by atoms with E-state index in [1.54, 1.807) is 0 Å². The third kappa shape index (κ3) is 1.79. The van der Waals surface area contributed by atoms with E-state index < -0.39 is 18.0 Å². The van der Waals surface area contributed by atoms with Crippen LogP contribution in [0.15, 0.2) is 12.1 Å². The van der Waals surface area contributed by atoms with Crippen molar-refractivity contribution in [1.29, 1.82) is 0 Å². The lowest BCUT2D eigenvalue weighted by Crippen LogP contribution is -2.22. The second kappa shape index (κ2) is 3.84. The van der Waals surface area contributed by atoms with Gasteiger partial charge in [0.1, 0.15) is 6.04 Å². The molecule has 0 radical (unpaired) electrons. The summed E-state index contributed by atoms with van der Waals surface area (Å²) in [5.41, 5.74) is 0.413. The number of urea groups is 1. The molecule has 1 aromatic carbocycles. The summed E-state index contributed by atoms with van der Waals surface area (Å²) in [6, 6.07) is 1.34. The fourth-order valence-corrected chi connectivity index (χ4v) is 1.91. The molecule has 1 atom stereocenters. The van der Waals surface area contributed by atoms with Crippen molar-refractivity contribution in [2.24, 2.45) is 0 Å². The number of imide groups is 1. The van der Waals surface area contributed by atoms with Crippen LogP contribution >= 0.6 is 23.2 Å². The zero-order chi connectivity index (χ0) is 11.9. The van der Waals surface area contributed by atoms with E-state index in [1.165, 1.54) is 12.1 Å². The van der Waals surface area contributed by atoms with E-state index in [9.17, 15) is 14.7 Å². The number of carbonyl (C=O) groups is 2. The SMILES string of the molecule is O=C1NC(=O)[C@@H](c2cc(Cl)c(O)c(Cl)c2)N1. The number of amides is 3. The molecule has 7 heteroatoms. The smallest absolute Gasteiger partial charge is 0.322 e. The first-order valence-electron chi connectivity index (χ1n) is 4.28. The summed E-state index contributed by atoms with van der Waals surface area (Å²) >= 11 is 11.4. The maximum absolute atomic E-state index is 11.3. The standard InChI is InChI=1S/C9H6Cl2N2O3/c10-4-1-3(2-5(11)7(4)14)6-8(15)13-9(16)12-6/h1-2,6,14H,(H2,12,13,15,16)/t6-/m1/s1. The monoisotopic (exact) mass is 260 g/mol. The van der Waals surface area contributed by atoms with Crippen LogP contribution in [0.4, 0.5) is 4.79 Å². The minimum Gasteiger partial charge on any atom is -0.505 e. The molecule has 3 N–H and O–H groups in total. The van der Waals surface area contributed by atoms with Crippen molar-refractivity contribution in [3.05, 3.63) is 27.7 Å². The molecule has 2 rings (SSSR count). The van der Waals surface area contributed by atoms with Crippen molar-refractivity contribution in [3.8, 4) is 5.75 Å². The molecule has 5 nitrogen and oxygen atoms in total. The van der Waals surface area contributed by atoms with Crippen molar-refractivity contribution in [1.82, 2.24) is 10.6 Å². The lowest BCUT2D eigenvalue weighted by Gasteiger charge is -2.09. The van der Waals surface area contributed by atoms with Crippen molar-refractivity contribution in [2.45, 2.75) is 6.04 Å². The Labute approximate surface area is 100 Å². The van der Waals surface area contributed by atoms with Gasteiger partial charge in [-0.2, -0.15) is 0 Å². The molecule has 1 saturated heterocycles. The predicted octanol–water partition coefficient (Wildman–Crippen LogP) is 1.58. The van der Waals surface area contributed by atoms with Gasteiger partial charge in [-0.1, -0.05) is 23.2 Å². The Kier molecular flexibility index (Phi) is 2.65. The molecule has 0 saturated carbocycles. The number of benzene rings is 1. The van der Waals surface area contributed by atoms with Crippen LogP contribution in [-0.4, -0.2) is 17.0 Å². The minimum absolute atomic E-state index is 0.0245. The van der Waals surface area contributed by atoms with Gasteiger partial charge in [0.15, 0.2) is 5.75 Å².